The van der Waals surface area contributed by atoms with E-state index in [1.807, 2.05) is 29.2 Å². The van der Waals surface area contributed by atoms with Gasteiger partial charge in [-0.15, -0.1) is 0 Å². The second-order valence-corrected chi connectivity index (χ2v) is 9.80. The Bertz CT molecular complexity index is 1410. The molecule has 11 heteroatoms. The summed E-state index contributed by atoms with van der Waals surface area (Å²) in [6.45, 7) is 6.51. The first-order valence-electron chi connectivity index (χ1n) is 12.7. The maximum absolute atomic E-state index is 9.90. The Labute approximate surface area is 226 Å². The Morgan fingerprint density at radius 1 is 0.947 bits per heavy atom. The van der Waals surface area contributed by atoms with Gasteiger partial charge in [0.1, 0.15) is 11.4 Å². The topological polar surface area (TPSA) is 91.5 Å². The molecule has 0 saturated carbocycles. The van der Waals surface area contributed by atoms with Crippen LogP contribution < -0.4 is 19.4 Å². The van der Waals surface area contributed by atoms with Crippen LogP contribution in [0.3, 0.4) is 0 Å². The van der Waals surface area contributed by atoms with Gasteiger partial charge in [0, 0.05) is 69.0 Å². The van der Waals surface area contributed by atoms with Gasteiger partial charge >= 0.3 is 0 Å². The number of fused-ring (bicyclic) bond motifs is 1. The molecule has 2 saturated heterocycles. The molecule has 0 radical (unpaired) electrons. The molecule has 38 heavy (non-hydrogen) atoms. The average Bonchev–Trinajstić information content (AvgIpc) is 3.41. The van der Waals surface area contributed by atoms with Crippen LogP contribution >= 0.6 is 11.6 Å². The predicted octanol–water partition coefficient (Wildman–Crippen LogP) is 3.11. The molecular weight excluding hydrogens is 506 g/mol. The number of hydrogen-bond donors (Lipinski definition) is 1. The molecule has 0 bridgehead atoms. The van der Waals surface area contributed by atoms with Gasteiger partial charge in [0.05, 0.1) is 55.7 Å². The highest BCUT2D eigenvalue weighted by atomic mass is 35.5. The van der Waals surface area contributed by atoms with Crippen molar-refractivity contribution in [2.75, 3.05) is 74.3 Å². The Balaban J connectivity index is 1.15. The number of aliphatic hydroxyl groups is 1. The first kappa shape index (κ1) is 24.7. The molecule has 198 valence electrons. The summed E-state index contributed by atoms with van der Waals surface area (Å²) in [5.74, 6) is 1.30. The molecule has 4 aromatic rings. The van der Waals surface area contributed by atoms with Gasteiger partial charge < -0.3 is 33.7 Å². The third-order valence-corrected chi connectivity index (χ3v) is 7.49. The summed E-state index contributed by atoms with van der Waals surface area (Å²) < 4.78 is 12.7. The molecule has 10 nitrogen and oxygen atoms in total. The molecule has 0 amide bonds. The van der Waals surface area contributed by atoms with Crippen molar-refractivity contribution in [3.05, 3.63) is 59.6 Å². The number of nitrogens with zero attached hydrogens (tertiary/aromatic N) is 7. The molecule has 2 aliphatic heterocycles. The van der Waals surface area contributed by atoms with Gasteiger partial charge in [-0.1, -0.05) is 11.6 Å². The van der Waals surface area contributed by atoms with Gasteiger partial charge in [0.2, 0.25) is 5.95 Å². The number of pyridine rings is 1. The van der Waals surface area contributed by atoms with E-state index in [2.05, 4.69) is 36.8 Å². The monoisotopic (exact) mass is 535 g/mol. The maximum Gasteiger partial charge on any atom is 0.225 e. The number of anilines is 3. The van der Waals surface area contributed by atoms with Crippen LogP contribution in [-0.4, -0.2) is 84.1 Å². The molecule has 3 aromatic heterocycles. The number of benzene rings is 1. The Kier molecular flexibility index (Phi) is 6.92. The highest BCUT2D eigenvalue weighted by Crippen LogP contribution is 2.34. The number of hydrogen-bond acceptors (Lipinski definition) is 9. The number of morpholine rings is 1. The zero-order chi connectivity index (χ0) is 26.1. The van der Waals surface area contributed by atoms with Crippen molar-refractivity contribution in [3.63, 3.8) is 0 Å². The van der Waals surface area contributed by atoms with E-state index < -0.39 is 0 Å². The lowest BCUT2D eigenvalue weighted by molar-refractivity contribution is 0.122. The van der Waals surface area contributed by atoms with Gasteiger partial charge in [0.15, 0.2) is 0 Å². The minimum atomic E-state index is -0.133. The first-order valence-corrected chi connectivity index (χ1v) is 13.1. The van der Waals surface area contributed by atoms with Crippen LogP contribution in [0.25, 0.3) is 16.9 Å². The summed E-state index contributed by atoms with van der Waals surface area (Å²) >= 11 is 6.37. The Morgan fingerprint density at radius 3 is 2.37 bits per heavy atom. The molecule has 0 aliphatic carbocycles. The van der Waals surface area contributed by atoms with E-state index in [0.717, 1.165) is 86.7 Å². The number of piperazine rings is 1. The highest BCUT2D eigenvalue weighted by molar-refractivity contribution is 6.32. The van der Waals surface area contributed by atoms with Crippen LogP contribution in [0.5, 0.6) is 5.75 Å². The van der Waals surface area contributed by atoms with E-state index in [1.54, 1.807) is 19.2 Å². The molecule has 0 unspecified atom stereocenters. The first-order chi connectivity index (χ1) is 18.6. The highest BCUT2D eigenvalue weighted by Gasteiger charge is 2.21. The quantitative estimate of drug-likeness (QED) is 0.400. The summed E-state index contributed by atoms with van der Waals surface area (Å²) in [5, 5.41) is 10.4. The SMILES string of the molecule is COc1cc(CO)c(-c2cn3ccc(N4CCN(c5ncc(N6CCOCC6)cn5)CC4)cc3n2)cc1Cl. The number of aliphatic hydroxyl groups excluding tert-OH is 1. The van der Waals surface area contributed by atoms with E-state index in [1.165, 1.54) is 0 Å². The van der Waals surface area contributed by atoms with E-state index in [9.17, 15) is 5.11 Å². The fraction of sp³-hybridized carbons (Fsp3) is 0.370. The van der Waals surface area contributed by atoms with Gasteiger partial charge in [-0.05, 0) is 23.8 Å². The number of imidazole rings is 1. The van der Waals surface area contributed by atoms with Crippen LogP contribution in [0, 0.1) is 0 Å². The van der Waals surface area contributed by atoms with Crippen LogP contribution in [0.15, 0.2) is 49.1 Å². The lowest BCUT2D eigenvalue weighted by Gasteiger charge is -2.36. The fourth-order valence-corrected chi connectivity index (χ4v) is 5.29. The number of halogens is 1. The fourth-order valence-electron chi connectivity index (χ4n) is 5.05. The second kappa shape index (κ2) is 10.6. The van der Waals surface area contributed by atoms with Gasteiger partial charge in [-0.3, -0.25) is 0 Å². The van der Waals surface area contributed by atoms with Gasteiger partial charge in [-0.25, -0.2) is 15.0 Å². The number of ether oxygens (including phenoxy) is 2. The standard InChI is InChI=1S/C27H30ClN7O3/c1-37-25-12-19(18-36)22(14-23(25)28)24-17-35-3-2-20(13-26(35)31-24)32-4-6-34(7-5-32)27-29-15-21(16-30-27)33-8-10-38-11-9-33/h2-3,12-17,36H,4-11,18H2,1H3. The number of aromatic nitrogens is 4. The third kappa shape index (κ3) is 4.82. The second-order valence-electron chi connectivity index (χ2n) is 9.39. The molecule has 6 rings (SSSR count). The molecule has 5 heterocycles. The summed E-state index contributed by atoms with van der Waals surface area (Å²) in [7, 11) is 1.56. The smallest absolute Gasteiger partial charge is 0.225 e. The molecule has 1 N–H and O–H groups in total. The summed E-state index contributed by atoms with van der Waals surface area (Å²) in [4.78, 5) is 21.0. The van der Waals surface area contributed by atoms with Crippen molar-refractivity contribution in [1.29, 1.82) is 0 Å². The predicted molar refractivity (Wildman–Crippen MR) is 148 cm³/mol. The molecule has 1 aromatic carbocycles. The van der Waals surface area contributed by atoms with Crippen molar-refractivity contribution < 1.29 is 14.6 Å². The zero-order valence-electron chi connectivity index (χ0n) is 21.3. The number of rotatable bonds is 6. The Morgan fingerprint density at radius 2 is 1.66 bits per heavy atom. The van der Waals surface area contributed by atoms with Crippen molar-refractivity contribution in [2.24, 2.45) is 0 Å². The lowest BCUT2D eigenvalue weighted by Crippen LogP contribution is -2.47. The van der Waals surface area contributed by atoms with Gasteiger partial charge in [0.25, 0.3) is 0 Å². The largest absolute Gasteiger partial charge is 0.495 e. The average molecular weight is 536 g/mol. The molecule has 2 aliphatic rings. The van der Waals surface area contributed by atoms with Crippen molar-refractivity contribution in [2.45, 2.75) is 6.61 Å². The number of methoxy groups -OCH3 is 1. The summed E-state index contributed by atoms with van der Waals surface area (Å²) in [6.07, 6.45) is 7.81. The lowest BCUT2D eigenvalue weighted by atomic mass is 10.1. The van der Waals surface area contributed by atoms with Crippen LogP contribution in [0.1, 0.15) is 5.56 Å². The van der Waals surface area contributed by atoms with E-state index in [4.69, 9.17) is 26.1 Å². The molecular formula is C27H30ClN7O3. The van der Waals surface area contributed by atoms with E-state index >= 15 is 0 Å². The van der Waals surface area contributed by atoms with Crippen LogP contribution in [0.4, 0.5) is 17.3 Å². The summed E-state index contributed by atoms with van der Waals surface area (Å²) in [5.41, 5.74) is 5.25. The third-order valence-electron chi connectivity index (χ3n) is 7.20. The molecule has 2 fully saturated rings. The normalized spacial score (nSPS) is 16.3. The van der Waals surface area contributed by atoms with Crippen LogP contribution in [-0.2, 0) is 11.3 Å². The van der Waals surface area contributed by atoms with Crippen molar-refractivity contribution in [1.82, 2.24) is 19.4 Å². The summed E-state index contributed by atoms with van der Waals surface area (Å²) in [6, 6.07) is 7.75. The minimum Gasteiger partial charge on any atom is -0.495 e. The zero-order valence-corrected chi connectivity index (χ0v) is 22.0. The Hall–Kier alpha value is -3.60. The van der Waals surface area contributed by atoms with Crippen molar-refractivity contribution >= 4 is 34.6 Å². The van der Waals surface area contributed by atoms with E-state index in [-0.39, 0.29) is 6.61 Å². The van der Waals surface area contributed by atoms with E-state index in [0.29, 0.717) is 16.3 Å². The van der Waals surface area contributed by atoms with Gasteiger partial charge in [-0.2, -0.15) is 0 Å². The maximum atomic E-state index is 9.90. The van der Waals surface area contributed by atoms with Crippen LogP contribution in [0.2, 0.25) is 5.02 Å². The minimum absolute atomic E-state index is 0.133. The molecule has 0 spiro atoms. The van der Waals surface area contributed by atoms with Crippen molar-refractivity contribution in [3.8, 4) is 17.0 Å². The molecule has 0 atom stereocenters.